The molecule has 2 saturated heterocycles. The van der Waals surface area contributed by atoms with Gasteiger partial charge in [0.05, 0.1) is 35.7 Å². The van der Waals surface area contributed by atoms with E-state index < -0.39 is 66.1 Å². The molecule has 4 aromatic carbocycles. The molecule has 8 rings (SSSR count). The van der Waals surface area contributed by atoms with E-state index >= 15 is 8.78 Å². The molecule has 4 N–H and O–H groups in total. The SMILES string of the molecule is CNC(=O)N1N=C(c2ccc(N3CCC(O)CC3)cc2)c2cc(OC(F)(F)F)cc(F)c2CC1C.CNC(=O)N1N=C(c2ccc(N3CC[C@H](O)C3)cc2)c2cc(OC(F)(F)F)cc(F)c2CC1C. The van der Waals surface area contributed by atoms with Crippen molar-refractivity contribution in [1.29, 1.82) is 0 Å². The molecule has 2 unspecified atom stereocenters. The summed E-state index contributed by atoms with van der Waals surface area (Å²) in [5, 5.41) is 35.7. The van der Waals surface area contributed by atoms with Gasteiger partial charge in [-0.25, -0.2) is 28.4 Å². The van der Waals surface area contributed by atoms with Gasteiger partial charge in [-0.1, -0.05) is 24.3 Å². The first kappa shape index (κ1) is 50.2. The van der Waals surface area contributed by atoms with Crippen LogP contribution >= 0.6 is 0 Å². The number of hydrogen-bond donors (Lipinski definition) is 4. The number of carbonyl (C=O) groups is 2. The van der Waals surface area contributed by atoms with E-state index in [0.717, 1.165) is 28.5 Å². The highest BCUT2D eigenvalue weighted by Crippen LogP contribution is 2.35. The minimum Gasteiger partial charge on any atom is -0.406 e. The summed E-state index contributed by atoms with van der Waals surface area (Å²) < 4.78 is 115. The molecule has 370 valence electrons. The third-order valence-electron chi connectivity index (χ3n) is 12.0. The molecule has 69 heavy (non-hydrogen) atoms. The minimum absolute atomic E-state index is 0.0393. The molecule has 0 aliphatic carbocycles. The number of anilines is 2. The number of β-amino-alcohol motifs (C(OH)–C–C–N with tert-alkyl or cyclic N) is 1. The number of fused-ring (bicyclic) bond motifs is 2. The average Bonchev–Trinajstić information content (AvgIpc) is 3.59. The number of aliphatic hydroxyl groups is 2. The van der Waals surface area contributed by atoms with Crippen LogP contribution in [0, 0.1) is 11.6 Å². The molecular formula is C47H50F8N8O6. The highest BCUT2D eigenvalue weighted by Gasteiger charge is 2.36. The van der Waals surface area contributed by atoms with Crippen LogP contribution in [0.2, 0.25) is 0 Å². The molecule has 4 amide bonds. The van der Waals surface area contributed by atoms with E-state index in [0.29, 0.717) is 68.7 Å². The molecule has 3 atom stereocenters. The zero-order chi connectivity index (χ0) is 49.9. The van der Waals surface area contributed by atoms with Gasteiger partial charge in [-0.15, -0.1) is 26.3 Å². The van der Waals surface area contributed by atoms with Crippen molar-refractivity contribution >= 4 is 34.9 Å². The summed E-state index contributed by atoms with van der Waals surface area (Å²) >= 11 is 0. The molecule has 4 aromatic rings. The van der Waals surface area contributed by atoms with Crippen molar-refractivity contribution < 1.29 is 64.4 Å². The van der Waals surface area contributed by atoms with Crippen molar-refractivity contribution in [2.75, 3.05) is 50.1 Å². The predicted octanol–water partition coefficient (Wildman–Crippen LogP) is 7.66. The van der Waals surface area contributed by atoms with Crippen molar-refractivity contribution in [3.8, 4) is 11.5 Å². The maximum Gasteiger partial charge on any atom is 0.573 e. The highest BCUT2D eigenvalue weighted by molar-refractivity contribution is 6.15. The lowest BCUT2D eigenvalue weighted by Gasteiger charge is -2.31. The number of amides is 4. The maximum atomic E-state index is 15.1. The highest BCUT2D eigenvalue weighted by atomic mass is 19.4. The summed E-state index contributed by atoms with van der Waals surface area (Å²) in [4.78, 5) is 29.1. The quantitative estimate of drug-likeness (QED) is 0.144. The monoisotopic (exact) mass is 974 g/mol. The Hall–Kier alpha value is -6.68. The molecule has 0 aromatic heterocycles. The lowest BCUT2D eigenvalue weighted by Crippen LogP contribution is -2.41. The summed E-state index contributed by atoms with van der Waals surface area (Å²) in [6.07, 6.45) is -8.66. The zero-order valence-electron chi connectivity index (χ0n) is 37.8. The number of rotatable bonds is 6. The number of halogens is 8. The normalized spacial score (nSPS) is 19.8. The summed E-state index contributed by atoms with van der Waals surface area (Å²) in [5.41, 5.74) is 3.56. The van der Waals surface area contributed by atoms with Gasteiger partial charge in [-0.05, 0) is 93.5 Å². The number of hydrogen-bond acceptors (Lipinski definition) is 10. The largest absolute Gasteiger partial charge is 0.573 e. The van der Waals surface area contributed by atoms with E-state index in [1.54, 1.807) is 50.2 Å². The Bertz CT molecular complexity index is 2570. The number of nitrogens with zero attached hydrogens (tertiary/aromatic N) is 6. The molecule has 0 bridgehead atoms. The van der Waals surface area contributed by atoms with Crippen LogP contribution in [-0.2, 0) is 12.8 Å². The van der Waals surface area contributed by atoms with Gasteiger partial charge in [0.15, 0.2) is 0 Å². The molecule has 22 heteroatoms. The van der Waals surface area contributed by atoms with Crippen LogP contribution < -0.4 is 29.9 Å². The number of alkyl halides is 6. The molecule has 4 aliphatic rings. The van der Waals surface area contributed by atoms with E-state index in [4.69, 9.17) is 0 Å². The predicted molar refractivity (Wildman–Crippen MR) is 240 cm³/mol. The van der Waals surface area contributed by atoms with Gasteiger partial charge < -0.3 is 40.1 Å². The molecule has 0 radical (unpaired) electrons. The van der Waals surface area contributed by atoms with Crippen LogP contribution in [0.3, 0.4) is 0 Å². The fourth-order valence-corrected chi connectivity index (χ4v) is 8.64. The van der Waals surface area contributed by atoms with E-state index in [-0.39, 0.29) is 52.6 Å². The second kappa shape index (κ2) is 20.5. The number of ether oxygens (including phenoxy) is 2. The summed E-state index contributed by atoms with van der Waals surface area (Å²) in [6, 6.07) is 15.5. The number of benzene rings is 4. The van der Waals surface area contributed by atoms with Gasteiger partial charge in [0, 0.05) is 86.0 Å². The fourth-order valence-electron chi connectivity index (χ4n) is 8.64. The molecule has 14 nitrogen and oxygen atoms in total. The van der Waals surface area contributed by atoms with Crippen molar-refractivity contribution in [3.63, 3.8) is 0 Å². The van der Waals surface area contributed by atoms with Crippen LogP contribution in [0.15, 0.2) is 83.0 Å². The third-order valence-corrected chi connectivity index (χ3v) is 12.0. The number of urea groups is 2. The first-order chi connectivity index (χ1) is 32.6. The van der Waals surface area contributed by atoms with Crippen molar-refractivity contribution in [1.82, 2.24) is 20.7 Å². The van der Waals surface area contributed by atoms with Gasteiger partial charge in [-0.2, -0.15) is 10.2 Å². The summed E-state index contributed by atoms with van der Waals surface area (Å²) in [7, 11) is 2.86. The van der Waals surface area contributed by atoms with Gasteiger partial charge in [-0.3, -0.25) is 0 Å². The average molecular weight is 975 g/mol. The number of nitrogens with one attached hydrogen (secondary N) is 2. The number of hydrazone groups is 2. The molecule has 0 spiro atoms. The summed E-state index contributed by atoms with van der Waals surface area (Å²) in [6.45, 7) is 5.92. The molecule has 2 fully saturated rings. The van der Waals surface area contributed by atoms with Crippen LogP contribution in [-0.4, -0.2) is 121 Å². The second-order valence-corrected chi connectivity index (χ2v) is 17.0. The Morgan fingerprint density at radius 3 is 1.35 bits per heavy atom. The smallest absolute Gasteiger partial charge is 0.406 e. The van der Waals surface area contributed by atoms with Crippen molar-refractivity contribution in [2.24, 2.45) is 10.2 Å². The number of carbonyl (C=O) groups excluding carboxylic acids is 2. The van der Waals surface area contributed by atoms with Crippen LogP contribution in [0.1, 0.15) is 66.5 Å². The molecule has 4 aliphatic heterocycles. The Morgan fingerprint density at radius 1 is 0.609 bits per heavy atom. The summed E-state index contributed by atoms with van der Waals surface area (Å²) in [5.74, 6) is -3.16. The van der Waals surface area contributed by atoms with Crippen LogP contribution in [0.5, 0.6) is 11.5 Å². The fraction of sp³-hybridized carbons (Fsp3) is 0.404. The first-order valence-corrected chi connectivity index (χ1v) is 22.0. The van der Waals surface area contributed by atoms with E-state index in [1.165, 1.54) is 19.1 Å². The molecule has 0 saturated carbocycles. The van der Waals surface area contributed by atoms with E-state index in [1.807, 2.05) is 17.0 Å². The zero-order valence-corrected chi connectivity index (χ0v) is 37.8. The Morgan fingerprint density at radius 2 is 0.986 bits per heavy atom. The Kier molecular flexibility index (Phi) is 14.9. The van der Waals surface area contributed by atoms with E-state index in [9.17, 15) is 46.1 Å². The van der Waals surface area contributed by atoms with E-state index in [2.05, 4.69) is 35.2 Å². The van der Waals surface area contributed by atoms with Crippen LogP contribution in [0.25, 0.3) is 0 Å². The number of aliphatic hydroxyl groups excluding tert-OH is 2. The third kappa shape index (κ3) is 12.0. The Labute approximate surface area is 391 Å². The second-order valence-electron chi connectivity index (χ2n) is 17.0. The lowest BCUT2D eigenvalue weighted by molar-refractivity contribution is -0.275. The Balaban J connectivity index is 0.000000204. The van der Waals surface area contributed by atoms with Gasteiger partial charge in [0.1, 0.15) is 23.1 Å². The first-order valence-electron chi connectivity index (χ1n) is 22.0. The number of piperidine rings is 1. The topological polar surface area (TPSA) is 155 Å². The van der Waals surface area contributed by atoms with Crippen molar-refractivity contribution in [3.05, 3.63) is 118 Å². The van der Waals surface area contributed by atoms with Gasteiger partial charge in [0.25, 0.3) is 0 Å². The van der Waals surface area contributed by atoms with Crippen LogP contribution in [0.4, 0.5) is 56.1 Å². The maximum absolute atomic E-state index is 15.1. The molecule has 4 heterocycles. The van der Waals surface area contributed by atoms with Crippen molar-refractivity contribution in [2.45, 2.75) is 83.0 Å². The molecular weight excluding hydrogens is 925 g/mol. The van der Waals surface area contributed by atoms with Gasteiger partial charge in [0.2, 0.25) is 0 Å². The lowest BCUT2D eigenvalue weighted by atomic mass is 9.93. The van der Waals surface area contributed by atoms with Gasteiger partial charge >= 0.3 is 24.8 Å². The minimum atomic E-state index is -4.99. The standard InChI is InChI=1S/C24H26F4N4O3.C23H24F4N4O3/c1-14-11-19-20(12-18(13-21(19)25)35-24(26,27)28)22(30-32(14)23(34)29-2)15-3-5-16(6-4-15)31-9-7-17(33)8-10-31;1-13-9-18-19(10-17(11-20(18)24)34-23(25,26)27)21(29-31(13)22(33)28-2)14-3-5-15(6-4-14)30-8-7-16(32)12-30/h3-6,12-14,17,33H,7-11H2,1-2H3,(H,29,34);3-6,10-11,13,16,32H,7-9,12H2,1-2H3,(H,28,33)/t;13?,16-/m.0/s1.